The molecule has 1 saturated carbocycles. The third-order valence-corrected chi connectivity index (χ3v) is 5.88. The lowest BCUT2D eigenvalue weighted by Gasteiger charge is -2.26. The summed E-state index contributed by atoms with van der Waals surface area (Å²) < 4.78 is 10.8. The van der Waals surface area contributed by atoms with Gasteiger partial charge in [0.1, 0.15) is 5.82 Å². The zero-order valence-electron chi connectivity index (χ0n) is 18.2. The van der Waals surface area contributed by atoms with Crippen LogP contribution in [0.15, 0.2) is 41.1 Å². The van der Waals surface area contributed by atoms with Gasteiger partial charge in [-0.25, -0.2) is 9.97 Å². The quantitative estimate of drug-likeness (QED) is 0.642. The number of rotatable bonds is 6. The molecule has 3 aromatic rings. The number of carbonyl (C=O) groups is 1. The highest BCUT2D eigenvalue weighted by atomic mass is 16.5. The molecule has 0 radical (unpaired) electrons. The molecule has 7 nitrogen and oxygen atoms in total. The van der Waals surface area contributed by atoms with Crippen molar-refractivity contribution in [2.75, 3.05) is 7.11 Å². The van der Waals surface area contributed by atoms with Gasteiger partial charge in [0.25, 0.3) is 0 Å². The predicted octanol–water partition coefficient (Wildman–Crippen LogP) is 4.24. The average molecular weight is 421 g/mol. The van der Waals surface area contributed by atoms with Gasteiger partial charge >= 0.3 is 0 Å². The lowest BCUT2D eigenvalue weighted by molar-refractivity contribution is -0.126. The molecule has 0 bridgehead atoms. The van der Waals surface area contributed by atoms with E-state index in [-0.39, 0.29) is 11.8 Å². The summed E-state index contributed by atoms with van der Waals surface area (Å²) in [7, 11) is 1.74. The number of nitrogens with zero attached hydrogens (tertiary/aromatic N) is 3. The SMILES string of the molecule is COC1CCC(C(=O)NCc2ccc(-c3nc(C)ncc3-c3cc(C)no3)cc2)CC1. The van der Waals surface area contributed by atoms with Crippen LogP contribution in [0.2, 0.25) is 0 Å². The minimum Gasteiger partial charge on any atom is -0.381 e. The van der Waals surface area contributed by atoms with Crippen molar-refractivity contribution in [3.8, 4) is 22.6 Å². The maximum absolute atomic E-state index is 12.5. The van der Waals surface area contributed by atoms with Crippen molar-refractivity contribution in [1.29, 1.82) is 0 Å². The summed E-state index contributed by atoms with van der Waals surface area (Å²) in [5, 5.41) is 7.06. The minimum atomic E-state index is 0.0857. The smallest absolute Gasteiger partial charge is 0.223 e. The van der Waals surface area contributed by atoms with Crippen molar-refractivity contribution in [3.63, 3.8) is 0 Å². The summed E-state index contributed by atoms with van der Waals surface area (Å²) in [6.07, 6.45) is 5.75. The van der Waals surface area contributed by atoms with Gasteiger partial charge in [-0.05, 0) is 45.1 Å². The molecule has 0 atom stereocenters. The number of carbonyl (C=O) groups excluding carboxylic acids is 1. The van der Waals surface area contributed by atoms with Gasteiger partial charge in [-0.1, -0.05) is 29.4 Å². The van der Waals surface area contributed by atoms with Crippen LogP contribution in [0, 0.1) is 19.8 Å². The van der Waals surface area contributed by atoms with Crippen LogP contribution in [0.1, 0.15) is 42.8 Å². The number of aryl methyl sites for hydroxylation is 2. The maximum Gasteiger partial charge on any atom is 0.223 e. The van der Waals surface area contributed by atoms with E-state index in [0.29, 0.717) is 24.2 Å². The highest BCUT2D eigenvalue weighted by Gasteiger charge is 2.25. The molecule has 7 heteroatoms. The van der Waals surface area contributed by atoms with Crippen LogP contribution in [0.25, 0.3) is 22.6 Å². The van der Waals surface area contributed by atoms with E-state index in [1.807, 2.05) is 44.2 Å². The van der Waals surface area contributed by atoms with Gasteiger partial charge in [0, 0.05) is 37.4 Å². The predicted molar refractivity (Wildman–Crippen MR) is 117 cm³/mol. The van der Waals surface area contributed by atoms with E-state index >= 15 is 0 Å². The maximum atomic E-state index is 12.5. The Morgan fingerprint density at radius 1 is 1.16 bits per heavy atom. The van der Waals surface area contributed by atoms with Gasteiger partial charge in [-0.15, -0.1) is 0 Å². The van der Waals surface area contributed by atoms with Crippen LogP contribution < -0.4 is 5.32 Å². The summed E-state index contributed by atoms with van der Waals surface area (Å²) in [6.45, 7) is 4.26. The number of ether oxygens (including phenoxy) is 1. The molecule has 31 heavy (non-hydrogen) atoms. The van der Waals surface area contributed by atoms with Crippen LogP contribution in [-0.2, 0) is 16.1 Å². The van der Waals surface area contributed by atoms with Crippen LogP contribution in [0.5, 0.6) is 0 Å². The molecule has 1 aliphatic carbocycles. The number of hydrogen-bond donors (Lipinski definition) is 1. The van der Waals surface area contributed by atoms with E-state index in [2.05, 4.69) is 20.4 Å². The van der Waals surface area contributed by atoms with Crippen LogP contribution >= 0.6 is 0 Å². The van der Waals surface area contributed by atoms with Gasteiger partial charge in [-0.3, -0.25) is 4.79 Å². The highest BCUT2D eigenvalue weighted by Crippen LogP contribution is 2.31. The Hall–Kier alpha value is -3.06. The minimum absolute atomic E-state index is 0.0857. The molecule has 2 aromatic heterocycles. The first-order valence-electron chi connectivity index (χ1n) is 10.7. The summed E-state index contributed by atoms with van der Waals surface area (Å²) in [5.74, 6) is 1.55. The van der Waals surface area contributed by atoms with E-state index in [9.17, 15) is 4.79 Å². The van der Waals surface area contributed by atoms with Gasteiger partial charge in [0.2, 0.25) is 5.91 Å². The van der Waals surface area contributed by atoms with Crippen molar-refractivity contribution < 1.29 is 14.1 Å². The first-order valence-corrected chi connectivity index (χ1v) is 10.7. The molecule has 0 saturated heterocycles. The summed E-state index contributed by atoms with van der Waals surface area (Å²) in [6, 6.07) is 9.94. The Morgan fingerprint density at radius 3 is 2.55 bits per heavy atom. The van der Waals surface area contributed by atoms with Crippen molar-refractivity contribution in [2.45, 2.75) is 52.2 Å². The number of nitrogens with one attached hydrogen (secondary N) is 1. The van der Waals surface area contributed by atoms with E-state index < -0.39 is 0 Å². The van der Waals surface area contributed by atoms with Crippen LogP contribution in [0.4, 0.5) is 0 Å². The van der Waals surface area contributed by atoms with Gasteiger partial charge in [0.15, 0.2) is 5.76 Å². The van der Waals surface area contributed by atoms with Gasteiger partial charge < -0.3 is 14.6 Å². The topological polar surface area (TPSA) is 90.1 Å². The largest absolute Gasteiger partial charge is 0.381 e. The third kappa shape index (κ3) is 4.99. The molecule has 0 unspecified atom stereocenters. The Morgan fingerprint density at radius 2 is 1.90 bits per heavy atom. The van der Waals surface area contributed by atoms with Crippen molar-refractivity contribution in [2.24, 2.45) is 5.92 Å². The van der Waals surface area contributed by atoms with E-state index in [4.69, 9.17) is 9.26 Å². The van der Waals surface area contributed by atoms with E-state index in [0.717, 1.165) is 53.8 Å². The summed E-state index contributed by atoms with van der Waals surface area (Å²) in [5.41, 5.74) is 4.42. The zero-order valence-corrected chi connectivity index (χ0v) is 18.2. The fraction of sp³-hybridized carbons (Fsp3) is 0.417. The normalized spacial score (nSPS) is 18.7. The van der Waals surface area contributed by atoms with Crippen LogP contribution in [-0.4, -0.2) is 34.2 Å². The average Bonchev–Trinajstić information content (AvgIpc) is 3.24. The van der Waals surface area contributed by atoms with Crippen molar-refractivity contribution >= 4 is 5.91 Å². The number of aromatic nitrogens is 3. The van der Waals surface area contributed by atoms with E-state index in [1.54, 1.807) is 13.3 Å². The molecule has 1 amide bonds. The third-order valence-electron chi connectivity index (χ3n) is 5.88. The molecule has 1 aromatic carbocycles. The Labute approximate surface area is 182 Å². The van der Waals surface area contributed by atoms with Crippen molar-refractivity contribution in [3.05, 3.63) is 53.6 Å². The fourth-order valence-electron chi connectivity index (χ4n) is 4.04. The molecular weight excluding hydrogens is 392 g/mol. The molecule has 2 heterocycles. The second kappa shape index (κ2) is 9.39. The second-order valence-corrected chi connectivity index (χ2v) is 8.14. The number of hydrogen-bond acceptors (Lipinski definition) is 6. The molecule has 1 aliphatic rings. The first-order chi connectivity index (χ1) is 15.0. The Bertz CT molecular complexity index is 1040. The monoisotopic (exact) mass is 420 g/mol. The molecule has 0 aliphatic heterocycles. The summed E-state index contributed by atoms with van der Waals surface area (Å²) >= 11 is 0. The molecule has 0 spiro atoms. The number of methoxy groups -OCH3 is 1. The van der Waals surface area contributed by atoms with Gasteiger partial charge in [0.05, 0.1) is 23.1 Å². The number of benzene rings is 1. The summed E-state index contributed by atoms with van der Waals surface area (Å²) in [4.78, 5) is 21.5. The van der Waals surface area contributed by atoms with Gasteiger partial charge in [-0.2, -0.15) is 0 Å². The number of amides is 1. The first kappa shape index (κ1) is 21.2. The Balaban J connectivity index is 1.43. The lowest BCUT2D eigenvalue weighted by atomic mass is 9.87. The second-order valence-electron chi connectivity index (χ2n) is 8.14. The fourth-order valence-corrected chi connectivity index (χ4v) is 4.04. The molecular formula is C24H28N4O3. The van der Waals surface area contributed by atoms with Crippen LogP contribution in [0.3, 0.4) is 0 Å². The molecule has 4 rings (SSSR count). The lowest BCUT2D eigenvalue weighted by Crippen LogP contribution is -2.34. The Kier molecular flexibility index (Phi) is 6.42. The molecule has 1 N–H and O–H groups in total. The molecule has 1 fully saturated rings. The van der Waals surface area contributed by atoms with E-state index in [1.165, 1.54) is 0 Å². The molecule has 162 valence electrons. The van der Waals surface area contributed by atoms with Crippen molar-refractivity contribution in [1.82, 2.24) is 20.4 Å². The standard InChI is InChI=1S/C24H28N4O3/c1-15-12-22(31-28-15)21-14-25-16(2)27-23(21)18-6-4-17(5-7-18)13-26-24(29)19-8-10-20(30-3)11-9-19/h4-7,12,14,19-20H,8-11,13H2,1-3H3,(H,26,29). The zero-order chi connectivity index (χ0) is 21.8. The highest BCUT2D eigenvalue weighted by molar-refractivity contribution is 5.79.